The van der Waals surface area contributed by atoms with Gasteiger partial charge in [-0.15, -0.1) is 0 Å². The average molecular weight is 216 g/mol. The SMILES string of the molecule is N#CC1(CNCCc2ccccc2)COC1. The average Bonchev–Trinajstić information content (AvgIpc) is 2.29. The number of rotatable bonds is 5. The largest absolute Gasteiger partial charge is 0.378 e. The Bertz CT molecular complexity index is 365. The van der Waals surface area contributed by atoms with Gasteiger partial charge in [0.2, 0.25) is 0 Å². The highest BCUT2D eigenvalue weighted by molar-refractivity contribution is 5.15. The van der Waals surface area contributed by atoms with Crippen LogP contribution in [0.4, 0.5) is 0 Å². The second kappa shape index (κ2) is 5.11. The van der Waals surface area contributed by atoms with Crippen LogP contribution in [-0.4, -0.2) is 26.3 Å². The van der Waals surface area contributed by atoms with E-state index in [4.69, 9.17) is 10.00 Å². The van der Waals surface area contributed by atoms with Gasteiger partial charge in [-0.05, 0) is 18.5 Å². The van der Waals surface area contributed by atoms with Crippen molar-refractivity contribution in [2.24, 2.45) is 5.41 Å². The minimum Gasteiger partial charge on any atom is -0.378 e. The first kappa shape index (κ1) is 11.1. The predicted octanol–water partition coefficient (Wildman–Crippen LogP) is 1.36. The van der Waals surface area contributed by atoms with Crippen LogP contribution < -0.4 is 5.32 Å². The van der Waals surface area contributed by atoms with Crippen molar-refractivity contribution in [3.05, 3.63) is 35.9 Å². The van der Waals surface area contributed by atoms with Crippen LogP contribution in [0.3, 0.4) is 0 Å². The normalized spacial score (nSPS) is 17.4. The van der Waals surface area contributed by atoms with Gasteiger partial charge in [-0.3, -0.25) is 0 Å². The lowest BCUT2D eigenvalue weighted by Gasteiger charge is -2.35. The van der Waals surface area contributed by atoms with Crippen molar-refractivity contribution < 1.29 is 4.74 Å². The fourth-order valence-corrected chi connectivity index (χ4v) is 1.76. The number of hydrogen-bond acceptors (Lipinski definition) is 3. The molecule has 0 unspecified atom stereocenters. The summed E-state index contributed by atoms with van der Waals surface area (Å²) in [5.74, 6) is 0. The van der Waals surface area contributed by atoms with Crippen LogP contribution in [0.1, 0.15) is 5.56 Å². The van der Waals surface area contributed by atoms with E-state index in [1.54, 1.807) is 0 Å². The van der Waals surface area contributed by atoms with Crippen molar-refractivity contribution in [1.82, 2.24) is 5.32 Å². The number of nitriles is 1. The molecular formula is C13H16N2O. The van der Waals surface area contributed by atoms with E-state index in [0.717, 1.165) is 19.5 Å². The Labute approximate surface area is 96.0 Å². The fourth-order valence-electron chi connectivity index (χ4n) is 1.76. The van der Waals surface area contributed by atoms with Gasteiger partial charge in [0.05, 0.1) is 19.3 Å². The number of hydrogen-bond donors (Lipinski definition) is 1. The minimum atomic E-state index is -0.267. The van der Waals surface area contributed by atoms with Crippen LogP contribution >= 0.6 is 0 Å². The van der Waals surface area contributed by atoms with Crippen molar-refractivity contribution in [3.8, 4) is 6.07 Å². The van der Waals surface area contributed by atoms with Crippen molar-refractivity contribution in [3.63, 3.8) is 0 Å². The fraction of sp³-hybridized carbons (Fsp3) is 0.462. The van der Waals surface area contributed by atoms with Gasteiger partial charge in [-0.25, -0.2) is 0 Å². The van der Waals surface area contributed by atoms with Crippen LogP contribution in [0, 0.1) is 16.7 Å². The summed E-state index contributed by atoms with van der Waals surface area (Å²) < 4.78 is 5.08. The number of nitrogens with zero attached hydrogens (tertiary/aromatic N) is 1. The molecule has 0 spiro atoms. The molecule has 1 fully saturated rings. The van der Waals surface area contributed by atoms with Crippen molar-refractivity contribution in [2.45, 2.75) is 6.42 Å². The summed E-state index contributed by atoms with van der Waals surface area (Å²) in [6.45, 7) is 2.79. The first-order chi connectivity index (χ1) is 7.85. The first-order valence-electron chi connectivity index (χ1n) is 5.58. The van der Waals surface area contributed by atoms with E-state index in [1.807, 2.05) is 18.2 Å². The number of ether oxygens (including phenoxy) is 1. The zero-order chi connectivity index (χ0) is 11.3. The van der Waals surface area contributed by atoms with Gasteiger partial charge >= 0.3 is 0 Å². The highest BCUT2D eigenvalue weighted by atomic mass is 16.5. The maximum Gasteiger partial charge on any atom is 0.116 e. The molecule has 0 aromatic heterocycles. The van der Waals surface area contributed by atoms with E-state index in [-0.39, 0.29) is 5.41 Å². The maximum atomic E-state index is 8.98. The Morgan fingerprint density at radius 3 is 2.62 bits per heavy atom. The van der Waals surface area contributed by atoms with E-state index in [1.165, 1.54) is 5.56 Å². The molecule has 1 N–H and O–H groups in total. The molecule has 1 aliphatic heterocycles. The third-order valence-electron chi connectivity index (χ3n) is 2.89. The van der Waals surface area contributed by atoms with Crippen LogP contribution in [0.2, 0.25) is 0 Å². The van der Waals surface area contributed by atoms with Gasteiger partial charge in [-0.2, -0.15) is 5.26 Å². The molecule has 1 saturated heterocycles. The van der Waals surface area contributed by atoms with Crippen LogP contribution in [-0.2, 0) is 11.2 Å². The van der Waals surface area contributed by atoms with Gasteiger partial charge in [0.25, 0.3) is 0 Å². The zero-order valence-electron chi connectivity index (χ0n) is 9.28. The molecule has 1 heterocycles. The Balaban J connectivity index is 1.68. The highest BCUT2D eigenvalue weighted by Gasteiger charge is 2.38. The molecule has 1 aromatic carbocycles. The predicted molar refractivity (Wildman–Crippen MR) is 61.9 cm³/mol. The molecule has 2 rings (SSSR count). The number of nitrogens with one attached hydrogen (secondary N) is 1. The minimum absolute atomic E-state index is 0.267. The second-order valence-corrected chi connectivity index (χ2v) is 4.30. The molecule has 0 radical (unpaired) electrons. The Morgan fingerprint density at radius 1 is 1.31 bits per heavy atom. The lowest BCUT2D eigenvalue weighted by molar-refractivity contribution is -0.0752. The third kappa shape index (κ3) is 2.60. The summed E-state index contributed by atoms with van der Waals surface area (Å²) >= 11 is 0. The molecular weight excluding hydrogens is 200 g/mol. The first-order valence-corrected chi connectivity index (χ1v) is 5.58. The standard InChI is InChI=1S/C13H16N2O/c14-8-13(10-16-11-13)9-15-7-6-12-4-2-1-3-5-12/h1-5,15H,6-7,9-11H2. The third-order valence-corrected chi connectivity index (χ3v) is 2.89. The van der Waals surface area contributed by atoms with Gasteiger partial charge in [0.15, 0.2) is 0 Å². The Kier molecular flexibility index (Phi) is 3.55. The van der Waals surface area contributed by atoms with E-state index < -0.39 is 0 Å². The van der Waals surface area contributed by atoms with Crippen molar-refractivity contribution in [1.29, 1.82) is 5.26 Å². The molecule has 0 atom stereocenters. The summed E-state index contributed by atoms with van der Waals surface area (Å²) in [5.41, 5.74) is 1.06. The number of benzene rings is 1. The summed E-state index contributed by atoms with van der Waals surface area (Å²) in [7, 11) is 0. The molecule has 3 nitrogen and oxygen atoms in total. The van der Waals surface area contributed by atoms with Gasteiger partial charge < -0.3 is 10.1 Å². The molecule has 1 aromatic rings. The molecule has 1 aliphatic rings. The summed E-state index contributed by atoms with van der Waals surface area (Å²) in [6, 6.07) is 12.7. The van der Waals surface area contributed by atoms with Crippen molar-refractivity contribution >= 4 is 0 Å². The van der Waals surface area contributed by atoms with E-state index in [9.17, 15) is 0 Å². The van der Waals surface area contributed by atoms with Crippen LogP contribution in [0.25, 0.3) is 0 Å². The Hall–Kier alpha value is -1.37. The summed E-state index contributed by atoms with van der Waals surface area (Å²) in [4.78, 5) is 0. The molecule has 0 amide bonds. The van der Waals surface area contributed by atoms with E-state index >= 15 is 0 Å². The topological polar surface area (TPSA) is 45.0 Å². The summed E-state index contributed by atoms with van der Waals surface area (Å²) in [6.07, 6.45) is 1.00. The lowest BCUT2D eigenvalue weighted by Crippen LogP contribution is -2.48. The monoisotopic (exact) mass is 216 g/mol. The van der Waals surface area contributed by atoms with Gasteiger partial charge in [-0.1, -0.05) is 30.3 Å². The van der Waals surface area contributed by atoms with Crippen LogP contribution in [0.15, 0.2) is 30.3 Å². The molecule has 84 valence electrons. The smallest absolute Gasteiger partial charge is 0.116 e. The second-order valence-electron chi connectivity index (χ2n) is 4.30. The van der Waals surface area contributed by atoms with E-state index in [0.29, 0.717) is 13.2 Å². The molecule has 0 bridgehead atoms. The quantitative estimate of drug-likeness (QED) is 0.756. The van der Waals surface area contributed by atoms with Gasteiger partial charge in [0.1, 0.15) is 5.41 Å². The molecule has 3 heteroatoms. The molecule has 0 aliphatic carbocycles. The van der Waals surface area contributed by atoms with Crippen LogP contribution in [0.5, 0.6) is 0 Å². The lowest BCUT2D eigenvalue weighted by atomic mass is 9.88. The maximum absolute atomic E-state index is 8.98. The molecule has 0 saturated carbocycles. The Morgan fingerprint density at radius 2 is 2.06 bits per heavy atom. The zero-order valence-corrected chi connectivity index (χ0v) is 9.28. The van der Waals surface area contributed by atoms with Gasteiger partial charge in [0, 0.05) is 6.54 Å². The highest BCUT2D eigenvalue weighted by Crippen LogP contribution is 2.24. The molecule has 16 heavy (non-hydrogen) atoms. The van der Waals surface area contributed by atoms with Crippen molar-refractivity contribution in [2.75, 3.05) is 26.3 Å². The summed E-state index contributed by atoms with van der Waals surface area (Å²) in [5, 5.41) is 12.3. The van der Waals surface area contributed by atoms with E-state index in [2.05, 4.69) is 23.5 Å².